The maximum Gasteiger partial charge on any atom is 0.408 e. The highest BCUT2D eigenvalue weighted by Crippen LogP contribution is 2.27. The zero-order chi connectivity index (χ0) is 25.6. The molecule has 0 aromatic carbocycles. The number of amides is 2. The smallest absolute Gasteiger partial charge is 0.408 e. The van der Waals surface area contributed by atoms with E-state index in [1.54, 1.807) is 27.7 Å². The van der Waals surface area contributed by atoms with Gasteiger partial charge in [-0.2, -0.15) is 0 Å². The lowest BCUT2D eigenvalue weighted by Gasteiger charge is -2.24. The van der Waals surface area contributed by atoms with Gasteiger partial charge in [-0.15, -0.1) is 0 Å². The van der Waals surface area contributed by atoms with E-state index in [1.807, 2.05) is 4.98 Å². The van der Waals surface area contributed by atoms with Gasteiger partial charge >= 0.3 is 17.8 Å². The molecule has 2 unspecified atom stereocenters. The van der Waals surface area contributed by atoms with Crippen LogP contribution in [0.2, 0.25) is 0 Å². The highest BCUT2D eigenvalue weighted by atomic mass is 16.6. The number of aliphatic hydroxyl groups excluding tert-OH is 2. The number of alkyl carbamates (subject to hydrolysis) is 1. The number of hydrogen-bond donors (Lipinski definition) is 5. The van der Waals surface area contributed by atoms with E-state index in [1.165, 1.54) is 0 Å². The third kappa shape index (κ3) is 7.40. The van der Waals surface area contributed by atoms with Crippen LogP contribution in [0.3, 0.4) is 0 Å². The van der Waals surface area contributed by atoms with Crippen LogP contribution in [0.15, 0.2) is 21.9 Å². The van der Waals surface area contributed by atoms with Gasteiger partial charge in [-0.25, -0.2) is 9.59 Å². The van der Waals surface area contributed by atoms with Gasteiger partial charge in [0.2, 0.25) is 5.91 Å². The first-order chi connectivity index (χ1) is 15.8. The molecule has 1 saturated heterocycles. The largest absolute Gasteiger partial charge is 0.466 e. The fourth-order valence-corrected chi connectivity index (χ4v) is 3.09. The number of nitrogens with one attached hydrogen (secondary N) is 3. The molecule has 190 valence electrons. The molecule has 0 saturated carbocycles. The number of esters is 1. The number of ether oxygens (including phenoxy) is 3. The van der Waals surface area contributed by atoms with Crippen LogP contribution in [-0.2, 0) is 23.8 Å². The van der Waals surface area contributed by atoms with E-state index < -0.39 is 65.5 Å². The number of rotatable bonds is 8. The van der Waals surface area contributed by atoms with Crippen molar-refractivity contribution in [2.45, 2.75) is 76.8 Å². The fourth-order valence-electron chi connectivity index (χ4n) is 3.09. The van der Waals surface area contributed by atoms with Crippen molar-refractivity contribution < 1.29 is 38.8 Å². The Morgan fingerprint density at radius 1 is 1.24 bits per heavy atom. The fraction of sp³-hybridized carbons (Fsp3) is 0.650. The van der Waals surface area contributed by atoms with E-state index in [0.717, 1.165) is 16.8 Å². The zero-order valence-corrected chi connectivity index (χ0v) is 19.3. The van der Waals surface area contributed by atoms with Gasteiger partial charge in [0, 0.05) is 18.7 Å². The molecule has 2 heterocycles. The van der Waals surface area contributed by atoms with Crippen molar-refractivity contribution in [3.05, 3.63) is 33.1 Å². The lowest BCUT2D eigenvalue weighted by atomic mass is 10.1. The molecule has 5 atom stereocenters. The van der Waals surface area contributed by atoms with Crippen molar-refractivity contribution >= 4 is 18.0 Å². The standard InChI is InChI=1S/C20H30N4O10/c1-5-32-12(26)7-6-10(21-19(31)34-20(2,3)4)15(29)23-16-13(27)14(28)17(33-16)24-9-8-11(25)22-18(24)30/h8-10,13-14,16-17,27-28H,5-7H2,1-4H3,(H,21,31)(H,23,29)(H,22,25,30)/t10?,13-,14?,16+,17-/m1/s1. The summed E-state index contributed by atoms with van der Waals surface area (Å²) >= 11 is 0. The highest BCUT2D eigenvalue weighted by Gasteiger charge is 2.45. The second-order valence-corrected chi connectivity index (χ2v) is 8.50. The Bertz CT molecular complexity index is 998. The third-order valence-corrected chi connectivity index (χ3v) is 4.60. The molecular weight excluding hydrogens is 456 g/mol. The first kappa shape index (κ1) is 27.0. The lowest BCUT2D eigenvalue weighted by molar-refractivity contribution is -0.143. The molecule has 5 N–H and O–H groups in total. The summed E-state index contributed by atoms with van der Waals surface area (Å²) in [5, 5.41) is 25.3. The van der Waals surface area contributed by atoms with E-state index in [0.29, 0.717) is 0 Å². The van der Waals surface area contributed by atoms with Gasteiger partial charge in [0.1, 0.15) is 23.9 Å². The molecule has 0 bridgehead atoms. The summed E-state index contributed by atoms with van der Waals surface area (Å²) in [7, 11) is 0. The van der Waals surface area contributed by atoms with Gasteiger partial charge in [0.15, 0.2) is 12.5 Å². The lowest BCUT2D eigenvalue weighted by Crippen LogP contribution is -2.53. The summed E-state index contributed by atoms with van der Waals surface area (Å²) in [6.07, 6.45) is -6.38. The molecule has 2 amide bonds. The second kappa shape index (κ2) is 11.3. The Labute approximate surface area is 194 Å². The van der Waals surface area contributed by atoms with E-state index in [9.17, 15) is 34.2 Å². The molecule has 0 radical (unpaired) electrons. The first-order valence-electron chi connectivity index (χ1n) is 10.6. The van der Waals surface area contributed by atoms with Gasteiger partial charge < -0.3 is 35.1 Å². The second-order valence-electron chi connectivity index (χ2n) is 8.50. The number of aliphatic hydroxyl groups is 2. The summed E-state index contributed by atoms with van der Waals surface area (Å²) in [6, 6.07) is -0.256. The van der Waals surface area contributed by atoms with Crippen LogP contribution in [0.5, 0.6) is 0 Å². The van der Waals surface area contributed by atoms with Crippen LogP contribution in [0.4, 0.5) is 4.79 Å². The van der Waals surface area contributed by atoms with E-state index in [4.69, 9.17) is 14.2 Å². The molecule has 14 heteroatoms. The number of aromatic amines is 1. The quantitative estimate of drug-likeness (QED) is 0.269. The van der Waals surface area contributed by atoms with Crippen LogP contribution in [-0.4, -0.2) is 74.4 Å². The Balaban J connectivity index is 2.13. The minimum atomic E-state index is -1.65. The van der Waals surface area contributed by atoms with Crippen molar-refractivity contribution in [1.82, 2.24) is 20.2 Å². The van der Waals surface area contributed by atoms with Crippen molar-refractivity contribution in [2.24, 2.45) is 0 Å². The average Bonchev–Trinajstić information content (AvgIpc) is 2.98. The summed E-state index contributed by atoms with van der Waals surface area (Å²) in [4.78, 5) is 62.0. The third-order valence-electron chi connectivity index (χ3n) is 4.60. The van der Waals surface area contributed by atoms with Crippen molar-refractivity contribution in [1.29, 1.82) is 0 Å². The minimum absolute atomic E-state index is 0.140. The molecule has 14 nitrogen and oxygen atoms in total. The molecule has 1 aromatic heterocycles. The van der Waals surface area contributed by atoms with Gasteiger partial charge in [-0.05, 0) is 34.1 Å². The maximum atomic E-state index is 12.9. The Morgan fingerprint density at radius 2 is 1.91 bits per heavy atom. The van der Waals surface area contributed by atoms with Crippen molar-refractivity contribution in [3.8, 4) is 0 Å². The molecule has 0 aliphatic carbocycles. The van der Waals surface area contributed by atoms with Crippen LogP contribution in [0.1, 0.15) is 46.8 Å². The first-order valence-corrected chi connectivity index (χ1v) is 10.6. The molecular formula is C20H30N4O10. The van der Waals surface area contributed by atoms with Gasteiger partial charge in [-0.1, -0.05) is 0 Å². The van der Waals surface area contributed by atoms with E-state index >= 15 is 0 Å². The topological polar surface area (TPSA) is 198 Å². The Morgan fingerprint density at radius 3 is 2.50 bits per heavy atom. The Hall–Kier alpha value is -3.23. The van der Waals surface area contributed by atoms with Crippen LogP contribution in [0.25, 0.3) is 0 Å². The minimum Gasteiger partial charge on any atom is -0.466 e. The number of hydrogen-bond acceptors (Lipinski definition) is 10. The molecule has 1 aliphatic rings. The summed E-state index contributed by atoms with van der Waals surface area (Å²) < 4.78 is 16.3. The molecule has 2 rings (SSSR count). The van der Waals surface area contributed by atoms with Crippen LogP contribution in [0, 0.1) is 0 Å². The van der Waals surface area contributed by atoms with Crippen molar-refractivity contribution in [2.75, 3.05) is 6.61 Å². The molecule has 34 heavy (non-hydrogen) atoms. The number of carbonyl (C=O) groups is 3. The monoisotopic (exact) mass is 486 g/mol. The summed E-state index contributed by atoms with van der Waals surface area (Å²) in [5.41, 5.74) is -2.41. The van der Waals surface area contributed by atoms with Crippen LogP contribution < -0.4 is 21.9 Å². The number of aromatic nitrogens is 2. The molecule has 1 aliphatic heterocycles. The SMILES string of the molecule is CCOC(=O)CCC(NC(=O)OC(C)(C)C)C(=O)N[C@H]1O[C@@H](n2ccc(=O)[nH]c2=O)C(O)[C@H]1O. The van der Waals surface area contributed by atoms with Crippen molar-refractivity contribution in [3.63, 3.8) is 0 Å². The maximum absolute atomic E-state index is 12.9. The molecule has 0 spiro atoms. The Kier molecular flexibility index (Phi) is 8.95. The van der Waals surface area contributed by atoms with Gasteiger partial charge in [0.25, 0.3) is 5.56 Å². The normalized spacial score (nSPS) is 23.1. The number of nitrogens with zero attached hydrogens (tertiary/aromatic N) is 1. The number of H-pyrrole nitrogens is 1. The predicted octanol–water partition coefficient (Wildman–Crippen LogP) is -1.53. The number of carbonyl (C=O) groups excluding carboxylic acids is 3. The zero-order valence-electron chi connectivity index (χ0n) is 19.3. The van der Waals surface area contributed by atoms with E-state index in [2.05, 4.69) is 10.6 Å². The molecule has 1 aromatic rings. The van der Waals surface area contributed by atoms with E-state index in [-0.39, 0.29) is 19.4 Å². The van der Waals surface area contributed by atoms with Crippen LogP contribution >= 0.6 is 0 Å². The molecule has 1 fully saturated rings. The summed E-state index contributed by atoms with van der Waals surface area (Å²) in [5.74, 6) is -1.43. The predicted molar refractivity (Wildman–Crippen MR) is 114 cm³/mol. The van der Waals surface area contributed by atoms with Gasteiger partial charge in [0.05, 0.1) is 6.61 Å². The van der Waals surface area contributed by atoms with Gasteiger partial charge in [-0.3, -0.25) is 23.9 Å². The average molecular weight is 486 g/mol. The highest BCUT2D eigenvalue weighted by molar-refractivity contribution is 5.86. The summed E-state index contributed by atoms with van der Waals surface area (Å²) in [6.45, 7) is 6.64.